The summed E-state index contributed by atoms with van der Waals surface area (Å²) in [6.45, 7) is 1.38. The molecule has 7 nitrogen and oxygen atoms in total. The average molecular weight is 578 g/mol. The van der Waals surface area contributed by atoms with Crippen molar-refractivity contribution in [3.8, 4) is 5.75 Å². The van der Waals surface area contributed by atoms with Crippen molar-refractivity contribution in [2.75, 3.05) is 19.7 Å². The standard InChI is InChI=1S/C36H39N3O4/c40-34(25-43-31-13-5-2-6-14-31)32(18-16-26-9-3-1-4-10-26)38-36(42)33(39-35(41)29-19-21-37-22-20-29)24-27-15-17-28-11-7-8-12-30(28)23-27/h1-15,17,23,29,32-33,37H,16,18-22,24-25H2,(H,38,42)(H,39,41)/t32-,33-/m0/s1. The van der Waals surface area contributed by atoms with Crippen LogP contribution in [0.2, 0.25) is 0 Å². The highest BCUT2D eigenvalue weighted by Gasteiger charge is 2.30. The molecule has 222 valence electrons. The Balaban J connectivity index is 1.33. The van der Waals surface area contributed by atoms with Gasteiger partial charge in [-0.2, -0.15) is 0 Å². The van der Waals surface area contributed by atoms with Gasteiger partial charge in [-0.3, -0.25) is 14.4 Å². The monoisotopic (exact) mass is 577 g/mol. The summed E-state index contributed by atoms with van der Waals surface area (Å²) in [6, 6.07) is 31.6. The zero-order valence-corrected chi connectivity index (χ0v) is 24.3. The molecule has 0 unspecified atom stereocenters. The molecule has 0 spiro atoms. The maximum atomic E-state index is 13.9. The van der Waals surface area contributed by atoms with Gasteiger partial charge in [-0.1, -0.05) is 91.0 Å². The third-order valence-electron chi connectivity index (χ3n) is 7.99. The predicted molar refractivity (Wildman–Crippen MR) is 169 cm³/mol. The summed E-state index contributed by atoms with van der Waals surface area (Å²) in [6.07, 6.45) is 2.79. The van der Waals surface area contributed by atoms with E-state index in [2.05, 4.69) is 22.0 Å². The zero-order chi connectivity index (χ0) is 29.9. The van der Waals surface area contributed by atoms with E-state index in [1.807, 2.05) is 84.9 Å². The van der Waals surface area contributed by atoms with Gasteiger partial charge in [0.15, 0.2) is 5.78 Å². The van der Waals surface area contributed by atoms with Crippen LogP contribution in [-0.4, -0.2) is 49.4 Å². The Labute approximate surface area is 253 Å². The fourth-order valence-electron chi connectivity index (χ4n) is 5.50. The summed E-state index contributed by atoms with van der Waals surface area (Å²) in [5, 5.41) is 11.5. The molecule has 1 heterocycles. The number of para-hydroxylation sites is 1. The van der Waals surface area contributed by atoms with Crippen molar-refractivity contribution in [1.82, 2.24) is 16.0 Å². The molecule has 1 saturated heterocycles. The molecule has 43 heavy (non-hydrogen) atoms. The van der Waals surface area contributed by atoms with Crippen molar-refractivity contribution in [3.05, 3.63) is 114 Å². The van der Waals surface area contributed by atoms with E-state index in [1.54, 1.807) is 12.1 Å². The zero-order valence-electron chi connectivity index (χ0n) is 24.3. The highest BCUT2D eigenvalue weighted by atomic mass is 16.5. The van der Waals surface area contributed by atoms with Crippen molar-refractivity contribution < 1.29 is 19.1 Å². The van der Waals surface area contributed by atoms with Gasteiger partial charge in [-0.25, -0.2) is 0 Å². The van der Waals surface area contributed by atoms with Crippen molar-refractivity contribution in [3.63, 3.8) is 0 Å². The number of ketones is 1. The van der Waals surface area contributed by atoms with Gasteiger partial charge < -0.3 is 20.7 Å². The molecule has 1 aliphatic heterocycles. The van der Waals surface area contributed by atoms with Gasteiger partial charge in [-0.15, -0.1) is 0 Å². The molecule has 0 saturated carbocycles. The number of Topliss-reactive ketones (excluding diaryl/α,β-unsaturated/α-hetero) is 1. The number of rotatable bonds is 13. The lowest BCUT2D eigenvalue weighted by atomic mass is 9.95. The van der Waals surface area contributed by atoms with E-state index < -0.39 is 12.1 Å². The van der Waals surface area contributed by atoms with Crippen LogP contribution in [0.5, 0.6) is 5.75 Å². The van der Waals surface area contributed by atoms with Gasteiger partial charge in [0, 0.05) is 12.3 Å². The Bertz CT molecular complexity index is 1500. The third kappa shape index (κ3) is 8.75. The SMILES string of the molecule is O=C(N[C@@H](Cc1ccc2ccccc2c1)C(=O)N[C@@H](CCc1ccccc1)C(=O)COc1ccccc1)C1CCNCC1. The molecule has 2 amide bonds. The highest BCUT2D eigenvalue weighted by Crippen LogP contribution is 2.18. The van der Waals surface area contributed by atoms with Crippen molar-refractivity contribution >= 4 is 28.4 Å². The van der Waals surface area contributed by atoms with Crippen LogP contribution in [-0.2, 0) is 27.2 Å². The second-order valence-electron chi connectivity index (χ2n) is 11.1. The number of hydrogen-bond donors (Lipinski definition) is 3. The molecular weight excluding hydrogens is 538 g/mol. The van der Waals surface area contributed by atoms with E-state index >= 15 is 0 Å². The number of hydrogen-bond acceptors (Lipinski definition) is 5. The molecule has 5 rings (SSSR count). The van der Waals surface area contributed by atoms with Crippen LogP contribution >= 0.6 is 0 Å². The van der Waals surface area contributed by atoms with Crippen LogP contribution < -0.4 is 20.7 Å². The molecule has 0 aliphatic carbocycles. The number of carbonyl (C=O) groups excluding carboxylic acids is 3. The summed E-state index contributed by atoms with van der Waals surface area (Å²) in [4.78, 5) is 40.6. The number of fused-ring (bicyclic) bond motifs is 1. The van der Waals surface area contributed by atoms with Crippen LogP contribution in [0.25, 0.3) is 10.8 Å². The maximum absolute atomic E-state index is 13.9. The van der Waals surface area contributed by atoms with Crippen molar-refractivity contribution in [2.45, 2.75) is 44.2 Å². The summed E-state index contributed by atoms with van der Waals surface area (Å²) >= 11 is 0. The molecular formula is C36H39N3O4. The molecule has 0 radical (unpaired) electrons. The number of piperidine rings is 1. The smallest absolute Gasteiger partial charge is 0.243 e. The Morgan fingerprint density at radius 1 is 0.744 bits per heavy atom. The number of carbonyl (C=O) groups is 3. The number of aryl methyl sites for hydroxylation is 1. The van der Waals surface area contributed by atoms with E-state index in [-0.39, 0.29) is 30.1 Å². The van der Waals surface area contributed by atoms with Gasteiger partial charge >= 0.3 is 0 Å². The fourth-order valence-corrected chi connectivity index (χ4v) is 5.50. The molecule has 0 aromatic heterocycles. The lowest BCUT2D eigenvalue weighted by Gasteiger charge is -2.27. The molecule has 1 aliphatic rings. The van der Waals surface area contributed by atoms with Crippen LogP contribution in [0.1, 0.15) is 30.4 Å². The van der Waals surface area contributed by atoms with E-state index in [1.165, 1.54) is 0 Å². The number of nitrogens with one attached hydrogen (secondary N) is 3. The lowest BCUT2D eigenvalue weighted by molar-refractivity contribution is -0.133. The first-order chi connectivity index (χ1) is 21.0. The molecule has 4 aromatic rings. The highest BCUT2D eigenvalue weighted by molar-refractivity contribution is 5.94. The number of ether oxygens (including phenoxy) is 1. The van der Waals surface area contributed by atoms with Crippen molar-refractivity contribution in [2.24, 2.45) is 5.92 Å². The second-order valence-corrected chi connectivity index (χ2v) is 11.1. The lowest BCUT2D eigenvalue weighted by Crippen LogP contribution is -2.54. The Morgan fingerprint density at radius 2 is 1.42 bits per heavy atom. The second kappa shape index (κ2) is 15.1. The minimum Gasteiger partial charge on any atom is -0.486 e. The third-order valence-corrected chi connectivity index (χ3v) is 7.99. The van der Waals surface area contributed by atoms with E-state index in [9.17, 15) is 14.4 Å². The van der Waals surface area contributed by atoms with Crippen LogP contribution in [0, 0.1) is 5.92 Å². The minimum atomic E-state index is -0.828. The quantitative estimate of drug-likeness (QED) is 0.215. The van der Waals surface area contributed by atoms with Gasteiger partial charge in [0.1, 0.15) is 18.4 Å². The van der Waals surface area contributed by atoms with Crippen LogP contribution in [0.4, 0.5) is 0 Å². The van der Waals surface area contributed by atoms with Crippen LogP contribution in [0.15, 0.2) is 103 Å². The maximum Gasteiger partial charge on any atom is 0.243 e. The first-order valence-electron chi connectivity index (χ1n) is 15.1. The van der Waals surface area contributed by atoms with Crippen LogP contribution in [0.3, 0.4) is 0 Å². The summed E-state index contributed by atoms with van der Waals surface area (Å²) in [5.41, 5.74) is 2.01. The number of amides is 2. The minimum absolute atomic E-state index is 0.123. The van der Waals surface area contributed by atoms with E-state index in [0.29, 0.717) is 25.0 Å². The summed E-state index contributed by atoms with van der Waals surface area (Å²) < 4.78 is 5.75. The summed E-state index contributed by atoms with van der Waals surface area (Å²) in [5.74, 6) is -0.277. The number of benzene rings is 4. The topological polar surface area (TPSA) is 96.5 Å². The Hall–Kier alpha value is -4.49. The molecule has 2 atom stereocenters. The molecule has 7 heteroatoms. The van der Waals surface area contributed by atoms with E-state index in [4.69, 9.17) is 4.74 Å². The molecule has 0 bridgehead atoms. The molecule has 4 aromatic carbocycles. The van der Waals surface area contributed by atoms with E-state index in [0.717, 1.165) is 47.8 Å². The molecule has 3 N–H and O–H groups in total. The predicted octanol–water partition coefficient (Wildman–Crippen LogP) is 4.63. The first kappa shape index (κ1) is 30.0. The largest absolute Gasteiger partial charge is 0.486 e. The molecule has 1 fully saturated rings. The first-order valence-corrected chi connectivity index (χ1v) is 15.1. The summed E-state index contributed by atoms with van der Waals surface area (Å²) in [7, 11) is 0. The Kier molecular flexibility index (Phi) is 10.5. The fraction of sp³-hybridized carbons (Fsp3) is 0.306. The van der Waals surface area contributed by atoms with Gasteiger partial charge in [0.2, 0.25) is 11.8 Å². The normalized spacial score (nSPS) is 14.9. The van der Waals surface area contributed by atoms with Gasteiger partial charge in [-0.05, 0) is 72.8 Å². The Morgan fingerprint density at radius 3 is 2.16 bits per heavy atom. The van der Waals surface area contributed by atoms with Crippen molar-refractivity contribution in [1.29, 1.82) is 0 Å². The van der Waals surface area contributed by atoms with Gasteiger partial charge in [0.05, 0.1) is 6.04 Å². The average Bonchev–Trinajstić information content (AvgIpc) is 3.06. The van der Waals surface area contributed by atoms with Gasteiger partial charge in [0.25, 0.3) is 0 Å².